The predicted octanol–water partition coefficient (Wildman–Crippen LogP) is 5.66. The van der Waals surface area contributed by atoms with Crippen LogP contribution in [0.25, 0.3) is 0 Å². The first-order valence-electron chi connectivity index (χ1n) is 13.0. The van der Waals surface area contributed by atoms with Gasteiger partial charge in [-0.3, -0.25) is 0 Å². The molecule has 5 aliphatic rings. The first-order chi connectivity index (χ1) is 14.5. The molecule has 5 rings (SSSR count). The molecule has 0 aromatic heterocycles. The number of ether oxygens (including phenoxy) is 1. The van der Waals surface area contributed by atoms with Crippen molar-refractivity contribution in [1.29, 1.82) is 0 Å². The van der Waals surface area contributed by atoms with Gasteiger partial charge in [0.25, 0.3) is 0 Å². The molecule has 3 saturated carbocycles. The van der Waals surface area contributed by atoms with Gasteiger partial charge in [-0.15, -0.1) is 0 Å². The van der Waals surface area contributed by atoms with E-state index in [1.165, 1.54) is 18.4 Å². The molecule has 174 valence electrons. The maximum absolute atomic E-state index is 11.5. The smallest absolute Gasteiger partial charge is 0.118 e. The number of aliphatic hydroxyl groups is 2. The Morgan fingerprint density at radius 1 is 1.00 bits per heavy atom. The summed E-state index contributed by atoms with van der Waals surface area (Å²) in [5, 5.41) is 21.9. The Morgan fingerprint density at radius 3 is 2.45 bits per heavy atom. The standard InChI is InChI=1S/C28H44O3/c1-16(2)17(3)7-8-18(4)20-9-10-21-23-22(12-13-26(20,21)5)27(6)14-11-19(29)15-28(27)25(31-28)24(23)30/h7-8,16-20,22,24-25,29-30H,9-15H2,1-6H3/b8-7+/t17-,18+,19-,20+,22-,24+,25-,26+,27+,28-/m0/s1. The molecule has 4 fully saturated rings. The van der Waals surface area contributed by atoms with E-state index in [0.717, 1.165) is 25.7 Å². The normalized spacial score (nSPS) is 50.7. The highest BCUT2D eigenvalue weighted by molar-refractivity contribution is 5.43. The van der Waals surface area contributed by atoms with Gasteiger partial charge in [0.15, 0.2) is 0 Å². The summed E-state index contributed by atoms with van der Waals surface area (Å²) < 4.78 is 6.33. The van der Waals surface area contributed by atoms with E-state index in [1.54, 1.807) is 5.57 Å². The van der Waals surface area contributed by atoms with Crippen LogP contribution >= 0.6 is 0 Å². The minimum Gasteiger partial charge on any atom is -0.393 e. The Labute approximate surface area is 189 Å². The number of rotatable bonds is 4. The van der Waals surface area contributed by atoms with Gasteiger partial charge in [-0.2, -0.15) is 0 Å². The Kier molecular flexibility index (Phi) is 5.13. The predicted molar refractivity (Wildman–Crippen MR) is 124 cm³/mol. The fourth-order valence-corrected chi connectivity index (χ4v) is 8.48. The molecular formula is C28H44O3. The Morgan fingerprint density at radius 2 is 1.74 bits per heavy atom. The van der Waals surface area contributed by atoms with Crippen LogP contribution in [0.3, 0.4) is 0 Å². The third-order valence-electron chi connectivity index (χ3n) is 10.9. The molecule has 0 aromatic rings. The van der Waals surface area contributed by atoms with Crippen LogP contribution in [0.15, 0.2) is 23.3 Å². The van der Waals surface area contributed by atoms with Crippen molar-refractivity contribution in [3.05, 3.63) is 23.3 Å². The van der Waals surface area contributed by atoms with Crippen LogP contribution in [0, 0.1) is 40.4 Å². The minimum atomic E-state index is -0.469. The number of epoxide rings is 1. The molecular weight excluding hydrogens is 384 g/mol. The number of hydrogen-bond donors (Lipinski definition) is 2. The highest BCUT2D eigenvalue weighted by atomic mass is 16.6. The Hall–Kier alpha value is -0.640. The highest BCUT2D eigenvalue weighted by Crippen LogP contribution is 2.72. The van der Waals surface area contributed by atoms with Crippen molar-refractivity contribution in [2.24, 2.45) is 40.4 Å². The molecule has 0 bridgehead atoms. The summed E-state index contributed by atoms with van der Waals surface area (Å²) in [6, 6.07) is 0. The zero-order valence-corrected chi connectivity index (χ0v) is 20.5. The van der Waals surface area contributed by atoms with Crippen molar-refractivity contribution in [1.82, 2.24) is 0 Å². The summed E-state index contributed by atoms with van der Waals surface area (Å²) in [6.07, 6.45) is 11.4. The number of hydrogen-bond acceptors (Lipinski definition) is 3. The van der Waals surface area contributed by atoms with E-state index < -0.39 is 6.10 Å². The molecule has 1 heterocycles. The number of aliphatic hydroxyl groups excluding tert-OH is 2. The van der Waals surface area contributed by atoms with Gasteiger partial charge in [0, 0.05) is 11.8 Å². The number of fused-ring (bicyclic) bond motifs is 3. The summed E-state index contributed by atoms with van der Waals surface area (Å²) in [5.74, 6) is 2.95. The topological polar surface area (TPSA) is 53.0 Å². The molecule has 4 aliphatic carbocycles. The lowest BCUT2D eigenvalue weighted by Crippen LogP contribution is -2.57. The molecule has 2 N–H and O–H groups in total. The van der Waals surface area contributed by atoms with E-state index in [4.69, 9.17) is 4.74 Å². The van der Waals surface area contributed by atoms with Crippen LogP contribution in [0.5, 0.6) is 0 Å². The zero-order valence-electron chi connectivity index (χ0n) is 20.5. The van der Waals surface area contributed by atoms with Crippen LogP contribution in [0.1, 0.15) is 86.5 Å². The van der Waals surface area contributed by atoms with Crippen LogP contribution in [0.2, 0.25) is 0 Å². The lowest BCUT2D eigenvalue weighted by molar-refractivity contribution is -0.0512. The van der Waals surface area contributed by atoms with Crippen LogP contribution in [-0.2, 0) is 4.74 Å². The first kappa shape index (κ1) is 22.2. The molecule has 3 nitrogen and oxygen atoms in total. The van der Waals surface area contributed by atoms with Crippen LogP contribution in [-0.4, -0.2) is 34.1 Å². The third-order valence-corrected chi connectivity index (χ3v) is 10.9. The van der Waals surface area contributed by atoms with Crippen molar-refractivity contribution >= 4 is 0 Å². The van der Waals surface area contributed by atoms with Gasteiger partial charge in [0.2, 0.25) is 0 Å². The third kappa shape index (κ3) is 2.95. The van der Waals surface area contributed by atoms with Crippen LogP contribution in [0.4, 0.5) is 0 Å². The van der Waals surface area contributed by atoms with E-state index in [-0.39, 0.29) is 28.6 Å². The molecule has 1 spiro atoms. The van der Waals surface area contributed by atoms with Crippen molar-refractivity contribution < 1.29 is 14.9 Å². The second-order valence-corrected chi connectivity index (χ2v) is 12.6. The van der Waals surface area contributed by atoms with E-state index in [2.05, 4.69) is 53.7 Å². The molecule has 31 heavy (non-hydrogen) atoms. The molecule has 0 radical (unpaired) electrons. The average molecular weight is 429 g/mol. The monoisotopic (exact) mass is 428 g/mol. The fraction of sp³-hybridized carbons (Fsp3) is 0.857. The quantitative estimate of drug-likeness (QED) is 0.449. The molecule has 1 aliphatic heterocycles. The van der Waals surface area contributed by atoms with Gasteiger partial charge in [-0.1, -0.05) is 59.3 Å². The maximum Gasteiger partial charge on any atom is 0.118 e. The van der Waals surface area contributed by atoms with E-state index in [9.17, 15) is 10.2 Å². The summed E-state index contributed by atoms with van der Waals surface area (Å²) in [7, 11) is 0. The second kappa shape index (κ2) is 7.18. The van der Waals surface area contributed by atoms with Gasteiger partial charge in [0.05, 0.1) is 6.10 Å². The lowest BCUT2D eigenvalue weighted by Gasteiger charge is -2.55. The summed E-state index contributed by atoms with van der Waals surface area (Å²) in [5.41, 5.74) is 2.93. The highest BCUT2D eigenvalue weighted by Gasteiger charge is 2.77. The summed E-state index contributed by atoms with van der Waals surface area (Å²) in [6.45, 7) is 14.2. The van der Waals surface area contributed by atoms with Gasteiger partial charge >= 0.3 is 0 Å². The molecule has 0 unspecified atom stereocenters. The van der Waals surface area contributed by atoms with Crippen molar-refractivity contribution in [2.75, 3.05) is 0 Å². The van der Waals surface area contributed by atoms with E-state index in [0.29, 0.717) is 36.0 Å². The number of allylic oxidation sites excluding steroid dienone is 3. The molecule has 0 aromatic carbocycles. The van der Waals surface area contributed by atoms with Crippen molar-refractivity contribution in [3.8, 4) is 0 Å². The molecule has 3 heteroatoms. The van der Waals surface area contributed by atoms with Gasteiger partial charge in [0.1, 0.15) is 17.8 Å². The fourth-order valence-electron chi connectivity index (χ4n) is 8.48. The van der Waals surface area contributed by atoms with E-state index >= 15 is 0 Å². The Balaban J connectivity index is 1.47. The van der Waals surface area contributed by atoms with Gasteiger partial charge < -0.3 is 14.9 Å². The van der Waals surface area contributed by atoms with Crippen molar-refractivity contribution in [3.63, 3.8) is 0 Å². The molecule has 1 saturated heterocycles. The second-order valence-electron chi connectivity index (χ2n) is 12.6. The summed E-state index contributed by atoms with van der Waals surface area (Å²) >= 11 is 0. The molecule has 0 amide bonds. The SMILES string of the molecule is CC(C)[C@@H](C)/C=C/[C@@H](C)[C@H]1CCC2=C3[C@@H](O)[C@@H]4O[C@@]45C[C@@H](O)CC[C@]5(C)[C@H]3CC[C@@]21C. The van der Waals surface area contributed by atoms with Crippen molar-refractivity contribution in [2.45, 2.75) is 110 Å². The lowest BCUT2D eigenvalue weighted by atomic mass is 9.48. The Bertz CT molecular complexity index is 798. The minimum absolute atomic E-state index is 0.0656. The maximum atomic E-state index is 11.5. The zero-order chi connectivity index (χ0) is 22.3. The van der Waals surface area contributed by atoms with Gasteiger partial charge in [-0.25, -0.2) is 0 Å². The van der Waals surface area contributed by atoms with Crippen LogP contribution < -0.4 is 0 Å². The summed E-state index contributed by atoms with van der Waals surface area (Å²) in [4.78, 5) is 0. The average Bonchev–Trinajstić information content (AvgIpc) is 3.34. The first-order valence-corrected chi connectivity index (χ1v) is 13.0. The van der Waals surface area contributed by atoms with Gasteiger partial charge in [-0.05, 0) is 79.1 Å². The largest absolute Gasteiger partial charge is 0.393 e. The van der Waals surface area contributed by atoms with E-state index in [1.807, 2.05) is 0 Å². The molecule has 10 atom stereocenters.